The Morgan fingerprint density at radius 2 is 2.24 bits per heavy atom. The first kappa shape index (κ1) is 11.8. The Labute approximate surface area is 106 Å². The molecule has 0 aliphatic heterocycles. The van der Waals surface area contributed by atoms with E-state index in [2.05, 4.69) is 30.9 Å². The molecule has 0 radical (unpaired) electrons. The van der Waals surface area contributed by atoms with E-state index in [1.807, 2.05) is 12.1 Å². The van der Waals surface area contributed by atoms with E-state index in [1.165, 1.54) is 12.3 Å². The Bertz CT molecular complexity index is 583. The SMILES string of the molecule is COc1ccc(Cc2nccc(=O)[nH]2)nc1Br. The highest BCUT2D eigenvalue weighted by Crippen LogP contribution is 2.22. The third-order valence-electron chi connectivity index (χ3n) is 2.16. The van der Waals surface area contributed by atoms with Crippen molar-refractivity contribution >= 4 is 15.9 Å². The van der Waals surface area contributed by atoms with Crippen LogP contribution in [0.15, 0.2) is 33.8 Å². The van der Waals surface area contributed by atoms with Gasteiger partial charge in [-0.15, -0.1) is 0 Å². The van der Waals surface area contributed by atoms with Crippen molar-refractivity contribution < 1.29 is 4.74 Å². The zero-order chi connectivity index (χ0) is 12.3. The van der Waals surface area contributed by atoms with Crippen LogP contribution in [0, 0.1) is 0 Å². The van der Waals surface area contributed by atoms with E-state index in [4.69, 9.17) is 4.74 Å². The van der Waals surface area contributed by atoms with Crippen LogP contribution >= 0.6 is 15.9 Å². The van der Waals surface area contributed by atoms with Gasteiger partial charge in [0, 0.05) is 24.4 Å². The van der Waals surface area contributed by atoms with Crippen molar-refractivity contribution in [2.45, 2.75) is 6.42 Å². The van der Waals surface area contributed by atoms with E-state index in [9.17, 15) is 4.79 Å². The summed E-state index contributed by atoms with van der Waals surface area (Å²) in [6, 6.07) is 5.02. The number of ether oxygens (including phenoxy) is 1. The molecule has 0 bridgehead atoms. The lowest BCUT2D eigenvalue weighted by atomic mass is 10.2. The second-order valence-electron chi connectivity index (χ2n) is 3.35. The smallest absolute Gasteiger partial charge is 0.250 e. The van der Waals surface area contributed by atoms with Gasteiger partial charge in [-0.3, -0.25) is 4.79 Å². The second kappa shape index (κ2) is 5.09. The number of hydrogen-bond acceptors (Lipinski definition) is 4. The quantitative estimate of drug-likeness (QED) is 0.872. The Morgan fingerprint density at radius 1 is 1.41 bits per heavy atom. The van der Waals surface area contributed by atoms with E-state index in [-0.39, 0.29) is 5.56 Å². The lowest BCUT2D eigenvalue weighted by Crippen LogP contribution is -2.09. The Kier molecular flexibility index (Phi) is 3.53. The minimum atomic E-state index is -0.164. The fraction of sp³-hybridized carbons (Fsp3) is 0.182. The molecule has 0 aliphatic carbocycles. The predicted molar refractivity (Wildman–Crippen MR) is 66.2 cm³/mol. The van der Waals surface area contributed by atoms with Gasteiger partial charge >= 0.3 is 0 Å². The summed E-state index contributed by atoms with van der Waals surface area (Å²) in [5, 5.41) is 0. The number of aromatic amines is 1. The van der Waals surface area contributed by atoms with Gasteiger partial charge in [-0.1, -0.05) is 0 Å². The molecule has 0 aliphatic rings. The van der Waals surface area contributed by atoms with Crippen LogP contribution in [0.5, 0.6) is 5.75 Å². The number of H-pyrrole nitrogens is 1. The number of rotatable bonds is 3. The van der Waals surface area contributed by atoms with Crippen LogP contribution < -0.4 is 10.3 Å². The van der Waals surface area contributed by atoms with Gasteiger partial charge in [0.05, 0.1) is 7.11 Å². The average Bonchev–Trinajstić information content (AvgIpc) is 2.29. The molecular weight excluding hydrogens is 286 g/mol. The van der Waals surface area contributed by atoms with E-state index in [1.54, 1.807) is 7.11 Å². The van der Waals surface area contributed by atoms with Crippen molar-refractivity contribution in [3.8, 4) is 5.75 Å². The van der Waals surface area contributed by atoms with Crippen LogP contribution in [0.1, 0.15) is 11.5 Å². The molecule has 5 nitrogen and oxygen atoms in total. The zero-order valence-electron chi connectivity index (χ0n) is 9.11. The van der Waals surface area contributed by atoms with Crippen molar-refractivity contribution in [2.24, 2.45) is 0 Å². The monoisotopic (exact) mass is 295 g/mol. The lowest BCUT2D eigenvalue weighted by Gasteiger charge is -2.04. The maximum absolute atomic E-state index is 11.1. The van der Waals surface area contributed by atoms with Gasteiger partial charge in [-0.2, -0.15) is 0 Å². The highest BCUT2D eigenvalue weighted by molar-refractivity contribution is 9.10. The molecule has 0 fully saturated rings. The van der Waals surface area contributed by atoms with Crippen LogP contribution in [-0.4, -0.2) is 22.1 Å². The van der Waals surface area contributed by atoms with Crippen LogP contribution in [0.25, 0.3) is 0 Å². The number of aromatic nitrogens is 3. The highest BCUT2D eigenvalue weighted by atomic mass is 79.9. The number of halogens is 1. The van der Waals surface area contributed by atoms with Crippen LogP contribution in [0.2, 0.25) is 0 Å². The van der Waals surface area contributed by atoms with Gasteiger partial charge in [0.1, 0.15) is 10.4 Å². The largest absolute Gasteiger partial charge is 0.494 e. The number of methoxy groups -OCH3 is 1. The topological polar surface area (TPSA) is 67.9 Å². The summed E-state index contributed by atoms with van der Waals surface area (Å²) in [6.45, 7) is 0. The van der Waals surface area contributed by atoms with Crippen molar-refractivity contribution in [1.29, 1.82) is 0 Å². The number of hydrogen-bond donors (Lipinski definition) is 1. The van der Waals surface area contributed by atoms with Crippen molar-refractivity contribution in [3.05, 3.63) is 50.9 Å². The average molecular weight is 296 g/mol. The van der Waals surface area contributed by atoms with Gasteiger partial charge in [0.15, 0.2) is 5.75 Å². The molecule has 0 spiro atoms. The fourth-order valence-corrected chi connectivity index (χ4v) is 1.90. The Hall–Kier alpha value is -1.69. The molecule has 0 atom stereocenters. The molecule has 2 aromatic heterocycles. The van der Waals surface area contributed by atoms with Gasteiger partial charge < -0.3 is 9.72 Å². The summed E-state index contributed by atoms with van der Waals surface area (Å²) in [5.74, 6) is 1.25. The van der Waals surface area contributed by atoms with Crippen LogP contribution in [0.4, 0.5) is 0 Å². The first-order chi connectivity index (χ1) is 8.19. The molecule has 2 rings (SSSR count). The van der Waals surface area contributed by atoms with E-state index < -0.39 is 0 Å². The number of nitrogens with one attached hydrogen (secondary N) is 1. The molecule has 0 amide bonds. The van der Waals surface area contributed by atoms with Gasteiger partial charge in [-0.05, 0) is 28.1 Å². The Balaban J connectivity index is 2.25. The third kappa shape index (κ3) is 2.91. The maximum Gasteiger partial charge on any atom is 0.250 e. The second-order valence-corrected chi connectivity index (χ2v) is 4.10. The molecule has 1 N–H and O–H groups in total. The molecule has 0 unspecified atom stereocenters. The first-order valence-corrected chi connectivity index (χ1v) is 5.72. The van der Waals surface area contributed by atoms with Gasteiger partial charge in [0.25, 0.3) is 5.56 Å². The van der Waals surface area contributed by atoms with E-state index >= 15 is 0 Å². The molecule has 0 aromatic carbocycles. The molecule has 6 heteroatoms. The zero-order valence-corrected chi connectivity index (χ0v) is 10.7. The maximum atomic E-state index is 11.1. The molecule has 2 heterocycles. The summed E-state index contributed by atoms with van der Waals surface area (Å²) in [6.07, 6.45) is 1.95. The minimum absolute atomic E-state index is 0.164. The third-order valence-corrected chi connectivity index (χ3v) is 2.73. The van der Waals surface area contributed by atoms with E-state index in [0.717, 1.165) is 5.69 Å². The fourth-order valence-electron chi connectivity index (χ4n) is 1.38. The molecule has 0 saturated carbocycles. The summed E-state index contributed by atoms with van der Waals surface area (Å²) in [4.78, 5) is 22.1. The number of pyridine rings is 1. The summed E-state index contributed by atoms with van der Waals surface area (Å²) in [5.41, 5.74) is 0.634. The van der Waals surface area contributed by atoms with Gasteiger partial charge in [-0.25, -0.2) is 9.97 Å². The van der Waals surface area contributed by atoms with Crippen molar-refractivity contribution in [3.63, 3.8) is 0 Å². The van der Waals surface area contributed by atoms with Gasteiger partial charge in [0.2, 0.25) is 0 Å². The van der Waals surface area contributed by atoms with Crippen LogP contribution in [-0.2, 0) is 6.42 Å². The number of nitrogens with zero attached hydrogens (tertiary/aromatic N) is 2. The first-order valence-electron chi connectivity index (χ1n) is 4.92. The van der Waals surface area contributed by atoms with Crippen molar-refractivity contribution in [2.75, 3.05) is 7.11 Å². The molecule has 88 valence electrons. The van der Waals surface area contributed by atoms with E-state index in [0.29, 0.717) is 22.6 Å². The lowest BCUT2D eigenvalue weighted by molar-refractivity contribution is 0.409. The van der Waals surface area contributed by atoms with Crippen molar-refractivity contribution in [1.82, 2.24) is 15.0 Å². The molecule has 0 saturated heterocycles. The Morgan fingerprint density at radius 3 is 2.88 bits per heavy atom. The van der Waals surface area contributed by atoms with Crippen LogP contribution in [0.3, 0.4) is 0 Å². The molecule has 17 heavy (non-hydrogen) atoms. The predicted octanol–water partition coefficient (Wildman–Crippen LogP) is 1.53. The minimum Gasteiger partial charge on any atom is -0.494 e. The molecule has 2 aromatic rings. The summed E-state index contributed by atoms with van der Waals surface area (Å²) < 4.78 is 5.72. The summed E-state index contributed by atoms with van der Waals surface area (Å²) in [7, 11) is 1.58. The molecular formula is C11H10BrN3O2. The summed E-state index contributed by atoms with van der Waals surface area (Å²) >= 11 is 3.31. The standard InChI is InChI=1S/C11H10BrN3O2/c1-17-8-3-2-7(14-11(8)12)6-9-13-5-4-10(16)15-9/h2-5H,6H2,1H3,(H,13,15,16). The highest BCUT2D eigenvalue weighted by Gasteiger charge is 2.05. The normalized spacial score (nSPS) is 10.2.